The van der Waals surface area contributed by atoms with Crippen molar-refractivity contribution in [1.82, 2.24) is 10.2 Å². The molecule has 4 nitrogen and oxygen atoms in total. The monoisotopic (exact) mass is 241 g/mol. The lowest BCUT2D eigenvalue weighted by Crippen LogP contribution is -2.52. The first-order valence-corrected chi connectivity index (χ1v) is 6.79. The van der Waals surface area contributed by atoms with Crippen LogP contribution in [0.5, 0.6) is 0 Å². The lowest BCUT2D eigenvalue weighted by atomic mass is 9.96. The van der Waals surface area contributed by atoms with Gasteiger partial charge in [0.1, 0.15) is 0 Å². The smallest absolute Gasteiger partial charge is 0.239 e. The molecule has 100 valence electrons. The van der Waals surface area contributed by atoms with Gasteiger partial charge >= 0.3 is 0 Å². The third kappa shape index (κ3) is 4.28. The largest absolute Gasteiger partial charge is 0.354 e. The summed E-state index contributed by atoms with van der Waals surface area (Å²) in [7, 11) is 0. The minimum absolute atomic E-state index is 0.00528. The van der Waals surface area contributed by atoms with Crippen LogP contribution < -0.4 is 11.1 Å². The highest BCUT2D eigenvalue weighted by molar-refractivity contribution is 5.85. The normalized spacial score (nSPS) is 24.6. The van der Waals surface area contributed by atoms with Crippen LogP contribution in [0.2, 0.25) is 0 Å². The minimum Gasteiger partial charge on any atom is -0.354 e. The number of carbonyl (C=O) groups is 1. The first kappa shape index (κ1) is 14.5. The number of hydrogen-bond donors (Lipinski definition) is 2. The highest BCUT2D eigenvalue weighted by Crippen LogP contribution is 2.15. The van der Waals surface area contributed by atoms with Crippen molar-refractivity contribution in [2.75, 3.05) is 26.2 Å². The molecule has 1 amide bonds. The molecule has 0 aromatic carbocycles. The van der Waals surface area contributed by atoms with Gasteiger partial charge in [0.15, 0.2) is 0 Å². The van der Waals surface area contributed by atoms with Crippen LogP contribution in [-0.2, 0) is 4.79 Å². The van der Waals surface area contributed by atoms with E-state index in [-0.39, 0.29) is 5.91 Å². The van der Waals surface area contributed by atoms with Crippen LogP contribution in [0.15, 0.2) is 0 Å². The summed E-state index contributed by atoms with van der Waals surface area (Å²) < 4.78 is 0. The highest BCUT2D eigenvalue weighted by atomic mass is 16.2. The quantitative estimate of drug-likeness (QED) is 0.728. The predicted molar refractivity (Wildman–Crippen MR) is 70.7 cm³/mol. The lowest BCUT2D eigenvalue weighted by molar-refractivity contribution is -0.126. The summed E-state index contributed by atoms with van der Waals surface area (Å²) in [6, 6.07) is 0. The summed E-state index contributed by atoms with van der Waals surface area (Å²) in [5, 5.41) is 3.00. The predicted octanol–water partition coefficient (Wildman–Crippen LogP) is 0.962. The van der Waals surface area contributed by atoms with Crippen molar-refractivity contribution in [3.63, 3.8) is 0 Å². The summed E-state index contributed by atoms with van der Waals surface area (Å²) in [6.07, 6.45) is 2.86. The molecule has 1 saturated heterocycles. The van der Waals surface area contributed by atoms with E-state index in [1.54, 1.807) is 0 Å². The van der Waals surface area contributed by atoms with Crippen molar-refractivity contribution in [3.8, 4) is 0 Å². The molecule has 0 aromatic heterocycles. The van der Waals surface area contributed by atoms with Crippen LogP contribution in [0, 0.1) is 5.92 Å². The maximum absolute atomic E-state index is 11.9. The van der Waals surface area contributed by atoms with E-state index in [1.807, 2.05) is 6.92 Å². The topological polar surface area (TPSA) is 58.4 Å². The van der Waals surface area contributed by atoms with Crippen molar-refractivity contribution in [2.24, 2.45) is 11.7 Å². The number of nitrogens with two attached hydrogens (primary N) is 1. The van der Waals surface area contributed by atoms with Crippen LogP contribution in [0.3, 0.4) is 0 Å². The molecule has 1 fully saturated rings. The Morgan fingerprint density at radius 1 is 1.53 bits per heavy atom. The fourth-order valence-electron chi connectivity index (χ4n) is 2.44. The summed E-state index contributed by atoms with van der Waals surface area (Å²) in [6.45, 7) is 10.2. The first-order chi connectivity index (χ1) is 7.99. The maximum Gasteiger partial charge on any atom is 0.239 e. The van der Waals surface area contributed by atoms with E-state index >= 15 is 0 Å². The Morgan fingerprint density at radius 2 is 2.24 bits per heavy atom. The van der Waals surface area contributed by atoms with Gasteiger partial charge in [-0.05, 0) is 38.8 Å². The SMILES string of the molecule is CCCC(C)(N)C(=O)NCC1CCN(CC)C1. The number of likely N-dealkylation sites (tertiary alicyclic amines) is 1. The number of hydrogen-bond acceptors (Lipinski definition) is 3. The average Bonchev–Trinajstić information content (AvgIpc) is 2.73. The number of rotatable bonds is 6. The highest BCUT2D eigenvalue weighted by Gasteiger charge is 2.28. The van der Waals surface area contributed by atoms with Crippen LogP contribution >= 0.6 is 0 Å². The van der Waals surface area contributed by atoms with Gasteiger partial charge in [0.25, 0.3) is 0 Å². The molecule has 0 spiro atoms. The van der Waals surface area contributed by atoms with Crippen LogP contribution in [-0.4, -0.2) is 42.5 Å². The van der Waals surface area contributed by atoms with Crippen LogP contribution in [0.4, 0.5) is 0 Å². The van der Waals surface area contributed by atoms with Gasteiger partial charge in [-0.2, -0.15) is 0 Å². The first-order valence-electron chi connectivity index (χ1n) is 6.79. The fraction of sp³-hybridized carbons (Fsp3) is 0.923. The van der Waals surface area contributed by atoms with Gasteiger partial charge in [-0.25, -0.2) is 0 Å². The summed E-state index contributed by atoms with van der Waals surface area (Å²) in [5.74, 6) is 0.589. The van der Waals surface area contributed by atoms with Gasteiger partial charge < -0.3 is 16.0 Å². The van der Waals surface area contributed by atoms with Crippen molar-refractivity contribution < 1.29 is 4.79 Å². The van der Waals surface area contributed by atoms with E-state index in [1.165, 1.54) is 6.42 Å². The van der Waals surface area contributed by atoms with E-state index in [2.05, 4.69) is 24.1 Å². The van der Waals surface area contributed by atoms with E-state index in [0.29, 0.717) is 5.92 Å². The second-order valence-corrected chi connectivity index (χ2v) is 5.43. The van der Waals surface area contributed by atoms with Crippen molar-refractivity contribution in [1.29, 1.82) is 0 Å². The zero-order valence-electron chi connectivity index (χ0n) is 11.5. The lowest BCUT2D eigenvalue weighted by Gasteiger charge is -2.24. The molecule has 4 heteroatoms. The van der Waals surface area contributed by atoms with E-state index in [0.717, 1.165) is 39.0 Å². The molecule has 1 aliphatic heterocycles. The molecule has 3 N–H and O–H groups in total. The van der Waals surface area contributed by atoms with Gasteiger partial charge in [0.05, 0.1) is 5.54 Å². The molecule has 2 unspecified atom stereocenters. The Morgan fingerprint density at radius 3 is 2.76 bits per heavy atom. The second kappa shape index (κ2) is 6.36. The van der Waals surface area contributed by atoms with Crippen molar-refractivity contribution in [3.05, 3.63) is 0 Å². The fourth-order valence-corrected chi connectivity index (χ4v) is 2.44. The van der Waals surface area contributed by atoms with Gasteiger partial charge in [0, 0.05) is 13.1 Å². The molecule has 2 atom stereocenters. The molecule has 0 radical (unpaired) electrons. The standard InChI is InChI=1S/C13H27N3O/c1-4-7-13(3,14)12(17)15-9-11-6-8-16(5-2)10-11/h11H,4-10,14H2,1-3H3,(H,15,17). The van der Waals surface area contributed by atoms with Crippen LogP contribution in [0.25, 0.3) is 0 Å². The Bertz CT molecular complexity index is 253. The van der Waals surface area contributed by atoms with Gasteiger partial charge in [0.2, 0.25) is 5.91 Å². The average molecular weight is 241 g/mol. The Hall–Kier alpha value is -0.610. The minimum atomic E-state index is -0.711. The Balaban J connectivity index is 2.29. The summed E-state index contributed by atoms with van der Waals surface area (Å²) in [4.78, 5) is 14.3. The third-order valence-electron chi connectivity index (χ3n) is 3.66. The summed E-state index contributed by atoms with van der Waals surface area (Å²) >= 11 is 0. The number of carbonyl (C=O) groups excluding carboxylic acids is 1. The number of nitrogens with one attached hydrogen (secondary N) is 1. The van der Waals surface area contributed by atoms with E-state index in [9.17, 15) is 4.79 Å². The number of nitrogens with zero attached hydrogens (tertiary/aromatic N) is 1. The van der Waals surface area contributed by atoms with Crippen molar-refractivity contribution >= 4 is 5.91 Å². The van der Waals surface area contributed by atoms with Crippen molar-refractivity contribution in [2.45, 2.75) is 45.6 Å². The molecule has 17 heavy (non-hydrogen) atoms. The Labute approximate surface area is 105 Å². The van der Waals surface area contributed by atoms with Gasteiger partial charge in [-0.1, -0.05) is 20.3 Å². The Kier molecular flexibility index (Phi) is 5.40. The molecule has 1 heterocycles. The van der Waals surface area contributed by atoms with E-state index < -0.39 is 5.54 Å². The van der Waals surface area contributed by atoms with Gasteiger partial charge in [-0.15, -0.1) is 0 Å². The molecule has 1 aliphatic rings. The summed E-state index contributed by atoms with van der Waals surface area (Å²) in [5.41, 5.74) is 5.28. The van der Waals surface area contributed by atoms with Gasteiger partial charge in [-0.3, -0.25) is 4.79 Å². The molecular weight excluding hydrogens is 214 g/mol. The molecule has 0 saturated carbocycles. The molecular formula is C13H27N3O. The molecule has 0 aromatic rings. The molecule has 0 bridgehead atoms. The molecule has 0 aliphatic carbocycles. The zero-order chi connectivity index (χ0) is 12.9. The third-order valence-corrected chi connectivity index (χ3v) is 3.66. The second-order valence-electron chi connectivity index (χ2n) is 5.43. The van der Waals surface area contributed by atoms with Crippen LogP contribution in [0.1, 0.15) is 40.0 Å². The maximum atomic E-state index is 11.9. The zero-order valence-corrected chi connectivity index (χ0v) is 11.5. The number of amides is 1. The molecule has 1 rings (SSSR count). The van der Waals surface area contributed by atoms with E-state index in [4.69, 9.17) is 5.73 Å².